The molecule has 0 aromatic heterocycles. The number of carbonyl (C=O) groups excluding carboxylic acids is 2. The summed E-state index contributed by atoms with van der Waals surface area (Å²) in [6.07, 6.45) is 0.653. The van der Waals surface area contributed by atoms with Crippen LogP contribution < -0.4 is 16.1 Å². The second-order valence-electron chi connectivity index (χ2n) is 6.68. The summed E-state index contributed by atoms with van der Waals surface area (Å²) in [6.45, 7) is -0.0376. The summed E-state index contributed by atoms with van der Waals surface area (Å²) in [5.74, 6) is -2.76. The van der Waals surface area contributed by atoms with Crippen molar-refractivity contribution in [1.29, 1.82) is 0 Å². The number of hydrogen-bond donors (Lipinski definition) is 5. The average molecular weight is 399 g/mol. The smallest absolute Gasteiger partial charge is 0.338 e. The molecule has 2 aromatic rings. The third-order valence-electron chi connectivity index (χ3n) is 4.50. The Balaban J connectivity index is 2.00. The van der Waals surface area contributed by atoms with Crippen molar-refractivity contribution < 1.29 is 24.7 Å². The molecule has 5 N–H and O–H groups in total. The molecule has 0 aliphatic rings. The molecule has 154 valence electrons. The Morgan fingerprint density at radius 2 is 1.24 bits per heavy atom. The van der Waals surface area contributed by atoms with Crippen LogP contribution in [0.4, 0.5) is 4.79 Å². The van der Waals surface area contributed by atoms with E-state index in [9.17, 15) is 19.5 Å². The van der Waals surface area contributed by atoms with E-state index in [1.165, 1.54) is 5.48 Å². The lowest BCUT2D eigenvalue weighted by molar-refractivity contribution is -0.141. The van der Waals surface area contributed by atoms with E-state index in [1.807, 2.05) is 60.7 Å². The van der Waals surface area contributed by atoms with Gasteiger partial charge in [0.05, 0.1) is 11.8 Å². The van der Waals surface area contributed by atoms with Gasteiger partial charge >= 0.3 is 12.0 Å². The molecule has 0 saturated carbocycles. The molecule has 3 amide bonds. The van der Waals surface area contributed by atoms with Crippen molar-refractivity contribution in [1.82, 2.24) is 16.1 Å². The predicted octanol–water partition coefficient (Wildman–Crippen LogP) is 1.59. The fourth-order valence-electron chi connectivity index (χ4n) is 2.93. The van der Waals surface area contributed by atoms with Crippen molar-refractivity contribution in [2.45, 2.75) is 12.8 Å². The summed E-state index contributed by atoms with van der Waals surface area (Å²) in [5.41, 5.74) is 3.23. The second kappa shape index (κ2) is 11.5. The minimum Gasteiger partial charge on any atom is -0.481 e. The van der Waals surface area contributed by atoms with E-state index in [0.717, 1.165) is 11.1 Å². The number of rotatable bonds is 10. The van der Waals surface area contributed by atoms with Crippen LogP contribution in [0.2, 0.25) is 0 Å². The van der Waals surface area contributed by atoms with Crippen LogP contribution in [-0.2, 0) is 22.4 Å². The number of aliphatic carboxylic acids is 1. The highest BCUT2D eigenvalue weighted by atomic mass is 16.5. The van der Waals surface area contributed by atoms with Crippen LogP contribution in [0.15, 0.2) is 60.7 Å². The maximum absolute atomic E-state index is 12.7. The standard InChI is InChI=1S/C21H25N3O5/c25-19(22-14-18(20(26)27)12-16-9-5-2-6-10-16)17(13-23-21(28)24-29)11-15-7-3-1-4-8-15/h1-10,17-18,29H,11-14H2,(H,22,25)(H,26,27)(H2,23,24,28)/t17-,18?/m0/s1. The lowest BCUT2D eigenvalue weighted by atomic mass is 9.96. The molecular weight excluding hydrogens is 374 g/mol. The zero-order valence-electron chi connectivity index (χ0n) is 15.9. The van der Waals surface area contributed by atoms with E-state index < -0.39 is 23.8 Å². The molecule has 2 rings (SSSR count). The number of carboxylic acids is 1. The van der Waals surface area contributed by atoms with Crippen LogP contribution in [0.5, 0.6) is 0 Å². The molecule has 0 saturated heterocycles. The van der Waals surface area contributed by atoms with E-state index in [1.54, 1.807) is 0 Å². The summed E-state index contributed by atoms with van der Waals surface area (Å²) in [7, 11) is 0. The number of hydrogen-bond acceptors (Lipinski definition) is 4. The lowest BCUT2D eigenvalue weighted by Crippen LogP contribution is -2.44. The van der Waals surface area contributed by atoms with Crippen LogP contribution in [0.1, 0.15) is 11.1 Å². The molecule has 2 aromatic carbocycles. The molecular formula is C21H25N3O5. The van der Waals surface area contributed by atoms with E-state index in [0.29, 0.717) is 12.8 Å². The van der Waals surface area contributed by atoms with Gasteiger partial charge in [-0.05, 0) is 24.0 Å². The Kier molecular flexibility index (Phi) is 8.65. The number of hydroxylamine groups is 1. The number of nitrogens with one attached hydrogen (secondary N) is 3. The topological polar surface area (TPSA) is 128 Å². The fraction of sp³-hybridized carbons (Fsp3) is 0.286. The maximum Gasteiger partial charge on any atom is 0.338 e. The molecule has 0 bridgehead atoms. The van der Waals surface area contributed by atoms with Gasteiger partial charge in [-0.15, -0.1) is 0 Å². The van der Waals surface area contributed by atoms with E-state index in [-0.39, 0.29) is 19.0 Å². The van der Waals surface area contributed by atoms with Crippen LogP contribution in [-0.4, -0.2) is 41.3 Å². The quantitative estimate of drug-likeness (QED) is 0.306. The highest BCUT2D eigenvalue weighted by Gasteiger charge is 2.23. The Bertz CT molecular complexity index is 798. The Morgan fingerprint density at radius 3 is 1.72 bits per heavy atom. The van der Waals surface area contributed by atoms with Crippen molar-refractivity contribution in [2.75, 3.05) is 13.1 Å². The first-order valence-corrected chi connectivity index (χ1v) is 9.26. The van der Waals surface area contributed by atoms with E-state index >= 15 is 0 Å². The average Bonchev–Trinajstić information content (AvgIpc) is 2.74. The van der Waals surface area contributed by atoms with Gasteiger partial charge in [0, 0.05) is 13.1 Å². The third kappa shape index (κ3) is 7.63. The molecule has 2 atom stereocenters. The summed E-state index contributed by atoms with van der Waals surface area (Å²) in [4.78, 5) is 35.5. The van der Waals surface area contributed by atoms with Gasteiger partial charge in [0.1, 0.15) is 0 Å². The Morgan fingerprint density at radius 1 is 0.759 bits per heavy atom. The van der Waals surface area contributed by atoms with E-state index in [4.69, 9.17) is 5.21 Å². The van der Waals surface area contributed by atoms with Gasteiger partial charge in [-0.2, -0.15) is 0 Å². The molecule has 0 radical (unpaired) electrons. The molecule has 0 spiro atoms. The first kappa shape index (κ1) is 21.9. The van der Waals surface area contributed by atoms with Gasteiger partial charge in [-0.3, -0.25) is 14.8 Å². The summed E-state index contributed by atoms with van der Waals surface area (Å²) >= 11 is 0. The minimum atomic E-state index is -0.994. The molecule has 0 aliphatic heterocycles. The SMILES string of the molecule is O=C(NO)NC[C@H](Cc1ccccc1)C(=O)NCC(Cc1ccccc1)C(=O)O. The fourth-order valence-corrected chi connectivity index (χ4v) is 2.93. The van der Waals surface area contributed by atoms with Crippen LogP contribution in [0.25, 0.3) is 0 Å². The van der Waals surface area contributed by atoms with Crippen LogP contribution in [0, 0.1) is 11.8 Å². The van der Waals surface area contributed by atoms with Gasteiger partial charge in [-0.25, -0.2) is 10.3 Å². The molecule has 0 aliphatic carbocycles. The number of carboxylic acid groups (broad SMARTS) is 1. The molecule has 0 fully saturated rings. The van der Waals surface area contributed by atoms with Crippen LogP contribution >= 0.6 is 0 Å². The second-order valence-corrected chi connectivity index (χ2v) is 6.68. The normalized spacial score (nSPS) is 12.4. The zero-order valence-corrected chi connectivity index (χ0v) is 15.9. The lowest BCUT2D eigenvalue weighted by Gasteiger charge is -2.19. The van der Waals surface area contributed by atoms with E-state index in [2.05, 4.69) is 10.6 Å². The molecule has 1 unspecified atom stereocenters. The number of carbonyl (C=O) groups is 3. The summed E-state index contributed by atoms with van der Waals surface area (Å²) in [6, 6.07) is 17.7. The largest absolute Gasteiger partial charge is 0.481 e. The van der Waals surface area contributed by atoms with Gasteiger partial charge in [0.15, 0.2) is 0 Å². The summed E-state index contributed by atoms with van der Waals surface area (Å²) < 4.78 is 0. The monoisotopic (exact) mass is 399 g/mol. The molecule has 8 nitrogen and oxygen atoms in total. The van der Waals surface area contributed by atoms with Gasteiger partial charge in [-0.1, -0.05) is 60.7 Å². The predicted molar refractivity (Wildman–Crippen MR) is 106 cm³/mol. The number of benzene rings is 2. The van der Waals surface area contributed by atoms with Crippen molar-refractivity contribution in [3.05, 3.63) is 71.8 Å². The number of amides is 3. The Hall–Kier alpha value is -3.39. The van der Waals surface area contributed by atoms with Gasteiger partial charge in [0.2, 0.25) is 5.91 Å². The van der Waals surface area contributed by atoms with Gasteiger partial charge < -0.3 is 15.7 Å². The van der Waals surface area contributed by atoms with Gasteiger partial charge in [0.25, 0.3) is 0 Å². The highest BCUT2D eigenvalue weighted by Crippen LogP contribution is 2.11. The first-order valence-electron chi connectivity index (χ1n) is 9.26. The molecule has 0 heterocycles. The maximum atomic E-state index is 12.7. The number of urea groups is 1. The highest BCUT2D eigenvalue weighted by molar-refractivity contribution is 5.81. The summed E-state index contributed by atoms with van der Waals surface area (Å²) in [5, 5.41) is 23.2. The van der Waals surface area contributed by atoms with Crippen molar-refractivity contribution in [3.63, 3.8) is 0 Å². The van der Waals surface area contributed by atoms with Crippen LogP contribution in [0.3, 0.4) is 0 Å². The van der Waals surface area contributed by atoms with Crippen molar-refractivity contribution >= 4 is 17.9 Å². The van der Waals surface area contributed by atoms with Crippen molar-refractivity contribution in [2.24, 2.45) is 11.8 Å². The van der Waals surface area contributed by atoms with Crippen molar-refractivity contribution in [3.8, 4) is 0 Å². The Labute approximate surface area is 168 Å². The molecule has 29 heavy (non-hydrogen) atoms. The first-order chi connectivity index (χ1) is 14.0. The minimum absolute atomic E-state index is 0.0104. The zero-order chi connectivity index (χ0) is 21.1. The molecule has 8 heteroatoms. The third-order valence-corrected chi connectivity index (χ3v) is 4.50.